The van der Waals surface area contributed by atoms with Gasteiger partial charge in [0, 0.05) is 22.6 Å². The fraction of sp³-hybridized carbons (Fsp3) is 0.417. The predicted octanol–water partition coefficient (Wildman–Crippen LogP) is 3.28. The SMILES string of the molecule is CC(C(=O)NC(C)(C)C)N(Cc1cccc(Br)c1)C(=O)CN(c1ccc2c(c1)OCO2)S(C)(=O)=O. The Hall–Kier alpha value is -2.79. The number of halogens is 1. The molecule has 0 aliphatic carbocycles. The molecule has 3 rings (SSSR count). The topological polar surface area (TPSA) is 105 Å². The Morgan fingerprint density at radius 1 is 1.11 bits per heavy atom. The third-order valence-corrected chi connectivity index (χ3v) is 6.86. The fourth-order valence-electron chi connectivity index (χ4n) is 3.54. The number of hydrogen-bond acceptors (Lipinski definition) is 6. The van der Waals surface area contributed by atoms with Crippen molar-refractivity contribution in [3.63, 3.8) is 0 Å². The maximum absolute atomic E-state index is 13.6. The van der Waals surface area contributed by atoms with Gasteiger partial charge in [0.25, 0.3) is 0 Å². The van der Waals surface area contributed by atoms with E-state index in [1.807, 2.05) is 45.0 Å². The van der Waals surface area contributed by atoms with Crippen LogP contribution in [0, 0.1) is 0 Å². The van der Waals surface area contributed by atoms with Crippen molar-refractivity contribution in [3.05, 3.63) is 52.5 Å². The molecule has 0 spiro atoms. The Kier molecular flexibility index (Phi) is 8.00. The minimum atomic E-state index is -3.84. The lowest BCUT2D eigenvalue weighted by atomic mass is 10.1. The third-order valence-electron chi connectivity index (χ3n) is 5.23. The first-order valence-electron chi connectivity index (χ1n) is 11.0. The zero-order chi connectivity index (χ0) is 26.0. The van der Waals surface area contributed by atoms with Gasteiger partial charge in [0.15, 0.2) is 11.5 Å². The molecule has 0 saturated heterocycles. The van der Waals surface area contributed by atoms with E-state index in [9.17, 15) is 18.0 Å². The molecule has 1 heterocycles. The molecule has 2 amide bonds. The van der Waals surface area contributed by atoms with Crippen LogP contribution in [0.1, 0.15) is 33.3 Å². The maximum Gasteiger partial charge on any atom is 0.244 e. The number of hydrogen-bond donors (Lipinski definition) is 1. The first-order valence-corrected chi connectivity index (χ1v) is 13.6. The number of nitrogens with one attached hydrogen (secondary N) is 1. The van der Waals surface area contributed by atoms with E-state index >= 15 is 0 Å². The molecule has 0 saturated carbocycles. The summed E-state index contributed by atoms with van der Waals surface area (Å²) in [7, 11) is -3.84. The molecule has 35 heavy (non-hydrogen) atoms. The summed E-state index contributed by atoms with van der Waals surface area (Å²) in [4.78, 5) is 27.9. The van der Waals surface area contributed by atoms with E-state index in [2.05, 4.69) is 21.2 Å². The van der Waals surface area contributed by atoms with Crippen LogP contribution < -0.4 is 19.1 Å². The van der Waals surface area contributed by atoms with E-state index in [0.717, 1.165) is 20.6 Å². The Morgan fingerprint density at radius 3 is 2.43 bits per heavy atom. The molecule has 1 atom stereocenters. The molecule has 1 unspecified atom stereocenters. The van der Waals surface area contributed by atoms with Crippen LogP contribution in [0.5, 0.6) is 11.5 Å². The van der Waals surface area contributed by atoms with Gasteiger partial charge >= 0.3 is 0 Å². The lowest BCUT2D eigenvalue weighted by Crippen LogP contribution is -2.54. The van der Waals surface area contributed by atoms with Crippen LogP contribution in [0.4, 0.5) is 5.69 Å². The summed E-state index contributed by atoms with van der Waals surface area (Å²) in [5.41, 5.74) is 0.553. The number of amides is 2. The summed E-state index contributed by atoms with van der Waals surface area (Å²) >= 11 is 3.42. The molecular weight excluding hydrogens is 538 g/mol. The van der Waals surface area contributed by atoms with Gasteiger partial charge in [-0.3, -0.25) is 13.9 Å². The molecule has 11 heteroatoms. The largest absolute Gasteiger partial charge is 0.454 e. The molecule has 0 radical (unpaired) electrons. The van der Waals surface area contributed by atoms with Crippen molar-refractivity contribution in [1.29, 1.82) is 0 Å². The van der Waals surface area contributed by atoms with Crippen molar-refractivity contribution in [3.8, 4) is 11.5 Å². The summed E-state index contributed by atoms with van der Waals surface area (Å²) in [5.74, 6) is 0.0317. The highest BCUT2D eigenvalue weighted by atomic mass is 79.9. The number of sulfonamides is 1. The van der Waals surface area contributed by atoms with Gasteiger partial charge in [-0.05, 0) is 57.5 Å². The zero-order valence-corrected chi connectivity index (χ0v) is 22.8. The quantitative estimate of drug-likeness (QED) is 0.524. The average Bonchev–Trinajstić information content (AvgIpc) is 3.21. The van der Waals surface area contributed by atoms with E-state index in [0.29, 0.717) is 11.5 Å². The Labute approximate surface area is 214 Å². The number of carbonyl (C=O) groups excluding carboxylic acids is 2. The van der Waals surface area contributed by atoms with Crippen molar-refractivity contribution in [1.82, 2.24) is 10.2 Å². The van der Waals surface area contributed by atoms with Crippen LogP contribution >= 0.6 is 15.9 Å². The molecular formula is C24H30BrN3O6S. The van der Waals surface area contributed by atoms with Gasteiger partial charge in [0.2, 0.25) is 28.6 Å². The van der Waals surface area contributed by atoms with Gasteiger partial charge in [-0.2, -0.15) is 0 Å². The summed E-state index contributed by atoms with van der Waals surface area (Å²) < 4.78 is 37.9. The van der Waals surface area contributed by atoms with Gasteiger partial charge in [-0.1, -0.05) is 28.1 Å². The van der Waals surface area contributed by atoms with Crippen molar-refractivity contribution in [2.24, 2.45) is 0 Å². The molecule has 2 aromatic rings. The van der Waals surface area contributed by atoms with Crippen LogP contribution in [-0.4, -0.2) is 56.3 Å². The van der Waals surface area contributed by atoms with Crippen LogP contribution in [-0.2, 0) is 26.2 Å². The molecule has 0 fully saturated rings. The molecule has 0 aromatic heterocycles. The van der Waals surface area contributed by atoms with Crippen LogP contribution in [0.3, 0.4) is 0 Å². The van der Waals surface area contributed by atoms with E-state index < -0.39 is 34.1 Å². The van der Waals surface area contributed by atoms with Gasteiger partial charge in [-0.25, -0.2) is 8.42 Å². The lowest BCUT2D eigenvalue weighted by molar-refractivity contribution is -0.140. The van der Waals surface area contributed by atoms with E-state index in [4.69, 9.17) is 9.47 Å². The summed E-state index contributed by atoms with van der Waals surface area (Å²) in [6.07, 6.45) is 1.03. The Balaban J connectivity index is 1.92. The fourth-order valence-corrected chi connectivity index (χ4v) is 4.83. The molecule has 1 aliphatic heterocycles. The smallest absolute Gasteiger partial charge is 0.244 e. The minimum Gasteiger partial charge on any atom is -0.454 e. The summed E-state index contributed by atoms with van der Waals surface area (Å²) in [6, 6.07) is 11.2. The molecule has 2 aromatic carbocycles. The molecule has 9 nitrogen and oxygen atoms in total. The Bertz CT molecular complexity index is 1210. The summed E-state index contributed by atoms with van der Waals surface area (Å²) in [5, 5.41) is 2.89. The highest BCUT2D eigenvalue weighted by molar-refractivity contribution is 9.10. The predicted molar refractivity (Wildman–Crippen MR) is 137 cm³/mol. The van der Waals surface area contributed by atoms with Crippen molar-refractivity contribution < 1.29 is 27.5 Å². The number of anilines is 1. The lowest BCUT2D eigenvalue weighted by Gasteiger charge is -2.33. The van der Waals surface area contributed by atoms with Gasteiger partial charge in [-0.15, -0.1) is 0 Å². The van der Waals surface area contributed by atoms with Crippen LogP contribution in [0.25, 0.3) is 0 Å². The number of nitrogens with zero attached hydrogens (tertiary/aromatic N) is 2. The monoisotopic (exact) mass is 567 g/mol. The first-order chi connectivity index (χ1) is 16.2. The number of rotatable bonds is 8. The number of benzene rings is 2. The second-order valence-electron chi connectivity index (χ2n) is 9.37. The van der Waals surface area contributed by atoms with Crippen molar-refractivity contribution in [2.45, 2.75) is 45.8 Å². The van der Waals surface area contributed by atoms with Gasteiger partial charge in [0.1, 0.15) is 12.6 Å². The second kappa shape index (κ2) is 10.4. The highest BCUT2D eigenvalue weighted by Gasteiger charge is 2.32. The number of carbonyl (C=O) groups is 2. The zero-order valence-electron chi connectivity index (χ0n) is 20.4. The molecule has 1 N–H and O–H groups in total. The third kappa shape index (κ3) is 7.11. The first kappa shape index (κ1) is 26.8. The number of ether oxygens (including phenoxy) is 2. The van der Waals surface area contributed by atoms with Crippen molar-refractivity contribution >= 4 is 43.5 Å². The van der Waals surface area contributed by atoms with Crippen LogP contribution in [0.2, 0.25) is 0 Å². The summed E-state index contributed by atoms with van der Waals surface area (Å²) in [6.45, 7) is 6.85. The Morgan fingerprint density at radius 2 is 1.80 bits per heavy atom. The van der Waals surface area contributed by atoms with Crippen LogP contribution in [0.15, 0.2) is 46.9 Å². The normalized spacial score (nSPS) is 13.8. The standard InChI is InChI=1S/C24H30BrN3O6S/c1-16(23(30)26-24(2,3)4)27(13-17-7-6-8-18(25)11-17)22(29)14-28(35(5,31)32)19-9-10-20-21(12-19)34-15-33-20/h6-12,16H,13-15H2,1-5H3,(H,26,30). The van der Waals surface area contributed by atoms with Gasteiger partial charge in [0.05, 0.1) is 11.9 Å². The average molecular weight is 568 g/mol. The molecule has 0 bridgehead atoms. The maximum atomic E-state index is 13.6. The van der Waals surface area contributed by atoms with Gasteiger partial charge < -0.3 is 19.7 Å². The second-order valence-corrected chi connectivity index (χ2v) is 12.2. The van der Waals surface area contributed by atoms with E-state index in [-0.39, 0.29) is 24.9 Å². The minimum absolute atomic E-state index is 0.0391. The molecule has 190 valence electrons. The number of fused-ring (bicyclic) bond motifs is 1. The molecule has 1 aliphatic rings. The van der Waals surface area contributed by atoms with E-state index in [1.54, 1.807) is 19.1 Å². The highest BCUT2D eigenvalue weighted by Crippen LogP contribution is 2.36. The van der Waals surface area contributed by atoms with Crippen molar-refractivity contribution in [2.75, 3.05) is 23.9 Å². The van der Waals surface area contributed by atoms with E-state index in [1.165, 1.54) is 11.0 Å².